The Hall–Kier alpha value is -1.42. The minimum Gasteiger partial charge on any atom is -0.373 e. The number of aromatic nitrogens is 2. The molecular weight excluding hydrogens is 266 g/mol. The van der Waals surface area contributed by atoms with E-state index in [2.05, 4.69) is 31.2 Å². The van der Waals surface area contributed by atoms with Gasteiger partial charge in [0.25, 0.3) is 0 Å². The number of halogens is 1. The van der Waals surface area contributed by atoms with Gasteiger partial charge in [0.1, 0.15) is 5.82 Å². The van der Waals surface area contributed by atoms with E-state index in [-0.39, 0.29) is 0 Å². The molecule has 0 saturated heterocycles. The standard InChI is InChI=1S/C12H12BrN3/c1-8-7-15-12(16-11(8)14-2)9-4-3-5-10(13)6-9/h3-7H,1-2H3,(H,14,15,16). The SMILES string of the molecule is CNc1nc(-c2cccc(Br)c2)ncc1C. The minimum absolute atomic E-state index is 0.733. The molecule has 3 nitrogen and oxygen atoms in total. The number of nitrogens with one attached hydrogen (secondary N) is 1. The molecule has 1 aromatic carbocycles. The minimum atomic E-state index is 0.733. The van der Waals surface area contributed by atoms with Gasteiger partial charge < -0.3 is 5.32 Å². The molecule has 2 rings (SSSR count). The topological polar surface area (TPSA) is 37.8 Å². The first-order chi connectivity index (χ1) is 7.70. The summed E-state index contributed by atoms with van der Waals surface area (Å²) in [5.74, 6) is 1.60. The van der Waals surface area contributed by atoms with Crippen LogP contribution < -0.4 is 5.32 Å². The van der Waals surface area contributed by atoms with Gasteiger partial charge in [-0.2, -0.15) is 0 Å². The molecule has 16 heavy (non-hydrogen) atoms. The van der Waals surface area contributed by atoms with Gasteiger partial charge in [-0.05, 0) is 19.1 Å². The van der Waals surface area contributed by atoms with Gasteiger partial charge in [0.2, 0.25) is 0 Å². The van der Waals surface area contributed by atoms with Crippen LogP contribution in [0.15, 0.2) is 34.9 Å². The van der Waals surface area contributed by atoms with Crippen LogP contribution in [0.3, 0.4) is 0 Å². The average molecular weight is 278 g/mol. The largest absolute Gasteiger partial charge is 0.373 e. The Bertz CT molecular complexity index is 511. The van der Waals surface area contributed by atoms with Gasteiger partial charge in [0, 0.05) is 28.8 Å². The summed E-state index contributed by atoms with van der Waals surface area (Å²) in [6.45, 7) is 1.98. The van der Waals surface area contributed by atoms with Crippen molar-refractivity contribution in [2.24, 2.45) is 0 Å². The summed E-state index contributed by atoms with van der Waals surface area (Å²) in [5.41, 5.74) is 2.05. The number of hydrogen-bond donors (Lipinski definition) is 1. The summed E-state index contributed by atoms with van der Waals surface area (Å²) < 4.78 is 1.03. The van der Waals surface area contributed by atoms with Crippen molar-refractivity contribution in [2.45, 2.75) is 6.92 Å². The maximum Gasteiger partial charge on any atom is 0.161 e. The molecule has 0 spiro atoms. The highest BCUT2D eigenvalue weighted by Gasteiger charge is 2.04. The van der Waals surface area contributed by atoms with Crippen LogP contribution in [-0.2, 0) is 0 Å². The average Bonchev–Trinajstić information content (AvgIpc) is 2.29. The number of aryl methyl sites for hydroxylation is 1. The molecule has 0 unspecified atom stereocenters. The van der Waals surface area contributed by atoms with E-state index < -0.39 is 0 Å². The maximum atomic E-state index is 4.46. The zero-order valence-electron chi connectivity index (χ0n) is 9.16. The van der Waals surface area contributed by atoms with Crippen molar-refractivity contribution >= 4 is 21.7 Å². The third kappa shape index (κ3) is 2.22. The molecular formula is C12H12BrN3. The predicted molar refractivity (Wildman–Crippen MR) is 69.5 cm³/mol. The van der Waals surface area contributed by atoms with Crippen LogP contribution in [0.1, 0.15) is 5.56 Å². The van der Waals surface area contributed by atoms with Gasteiger partial charge in [0.05, 0.1) is 0 Å². The number of hydrogen-bond acceptors (Lipinski definition) is 3. The smallest absolute Gasteiger partial charge is 0.161 e. The Morgan fingerprint density at radius 2 is 2.12 bits per heavy atom. The molecule has 0 radical (unpaired) electrons. The molecule has 0 saturated carbocycles. The zero-order chi connectivity index (χ0) is 11.5. The lowest BCUT2D eigenvalue weighted by Gasteiger charge is -2.06. The third-order valence-corrected chi connectivity index (χ3v) is 2.78. The number of nitrogens with zero attached hydrogens (tertiary/aromatic N) is 2. The van der Waals surface area contributed by atoms with Crippen molar-refractivity contribution in [3.63, 3.8) is 0 Å². The maximum absolute atomic E-state index is 4.46. The van der Waals surface area contributed by atoms with Crippen molar-refractivity contribution in [3.8, 4) is 11.4 Å². The molecule has 0 fully saturated rings. The van der Waals surface area contributed by atoms with Crippen LogP contribution in [0.4, 0.5) is 5.82 Å². The fourth-order valence-electron chi connectivity index (χ4n) is 1.46. The van der Waals surface area contributed by atoms with E-state index in [9.17, 15) is 0 Å². The van der Waals surface area contributed by atoms with E-state index in [0.29, 0.717) is 0 Å². The quantitative estimate of drug-likeness (QED) is 0.916. The van der Waals surface area contributed by atoms with E-state index in [4.69, 9.17) is 0 Å². The molecule has 0 aliphatic carbocycles. The van der Waals surface area contributed by atoms with Crippen LogP contribution in [0.5, 0.6) is 0 Å². The first-order valence-corrected chi connectivity index (χ1v) is 5.77. The van der Waals surface area contributed by atoms with E-state index in [0.717, 1.165) is 27.2 Å². The normalized spacial score (nSPS) is 10.2. The van der Waals surface area contributed by atoms with Crippen LogP contribution in [0, 0.1) is 6.92 Å². The summed E-state index contributed by atoms with van der Waals surface area (Å²) >= 11 is 3.44. The van der Waals surface area contributed by atoms with Gasteiger partial charge in [-0.3, -0.25) is 0 Å². The number of benzene rings is 1. The molecule has 0 aliphatic rings. The summed E-state index contributed by atoms with van der Waals surface area (Å²) in [6, 6.07) is 7.96. The molecule has 0 bridgehead atoms. The molecule has 0 aliphatic heterocycles. The van der Waals surface area contributed by atoms with Crippen molar-refractivity contribution in [1.82, 2.24) is 9.97 Å². The Morgan fingerprint density at radius 1 is 1.31 bits per heavy atom. The van der Waals surface area contributed by atoms with Gasteiger partial charge in [-0.15, -0.1) is 0 Å². The highest BCUT2D eigenvalue weighted by Crippen LogP contribution is 2.21. The number of rotatable bonds is 2. The second-order valence-electron chi connectivity index (χ2n) is 3.49. The van der Waals surface area contributed by atoms with Crippen molar-refractivity contribution in [1.29, 1.82) is 0 Å². The molecule has 1 N–H and O–H groups in total. The van der Waals surface area contributed by atoms with Gasteiger partial charge in [-0.1, -0.05) is 28.1 Å². The fraction of sp³-hybridized carbons (Fsp3) is 0.167. The molecule has 2 aromatic rings. The van der Waals surface area contributed by atoms with E-state index in [1.807, 2.05) is 44.4 Å². The molecule has 4 heteroatoms. The molecule has 1 aromatic heterocycles. The lowest BCUT2D eigenvalue weighted by Crippen LogP contribution is -1.99. The summed E-state index contributed by atoms with van der Waals surface area (Å²) in [4.78, 5) is 8.79. The summed E-state index contributed by atoms with van der Waals surface area (Å²) in [5, 5.41) is 3.06. The van der Waals surface area contributed by atoms with Crippen LogP contribution in [-0.4, -0.2) is 17.0 Å². The second kappa shape index (κ2) is 4.61. The third-order valence-electron chi connectivity index (χ3n) is 2.29. The highest BCUT2D eigenvalue weighted by atomic mass is 79.9. The zero-order valence-corrected chi connectivity index (χ0v) is 10.7. The summed E-state index contributed by atoms with van der Waals surface area (Å²) in [7, 11) is 1.86. The Kier molecular flexibility index (Phi) is 3.19. The Balaban J connectivity index is 2.48. The fourth-order valence-corrected chi connectivity index (χ4v) is 1.86. The van der Waals surface area contributed by atoms with Gasteiger partial charge in [0.15, 0.2) is 5.82 Å². The second-order valence-corrected chi connectivity index (χ2v) is 4.40. The first kappa shape index (κ1) is 11.1. The van der Waals surface area contributed by atoms with Crippen molar-refractivity contribution in [2.75, 3.05) is 12.4 Å². The van der Waals surface area contributed by atoms with E-state index in [1.165, 1.54) is 0 Å². The molecule has 1 heterocycles. The van der Waals surface area contributed by atoms with Crippen LogP contribution >= 0.6 is 15.9 Å². The van der Waals surface area contributed by atoms with Crippen molar-refractivity contribution < 1.29 is 0 Å². The van der Waals surface area contributed by atoms with E-state index >= 15 is 0 Å². The Morgan fingerprint density at radius 3 is 2.81 bits per heavy atom. The predicted octanol–water partition coefficient (Wildman–Crippen LogP) is 3.26. The Labute approximate surface area is 103 Å². The van der Waals surface area contributed by atoms with Gasteiger partial charge >= 0.3 is 0 Å². The monoisotopic (exact) mass is 277 g/mol. The van der Waals surface area contributed by atoms with E-state index in [1.54, 1.807) is 0 Å². The molecule has 0 amide bonds. The highest BCUT2D eigenvalue weighted by molar-refractivity contribution is 9.10. The van der Waals surface area contributed by atoms with Gasteiger partial charge in [-0.25, -0.2) is 9.97 Å². The molecule has 82 valence electrons. The van der Waals surface area contributed by atoms with Crippen molar-refractivity contribution in [3.05, 3.63) is 40.5 Å². The summed E-state index contributed by atoms with van der Waals surface area (Å²) in [6.07, 6.45) is 1.83. The first-order valence-electron chi connectivity index (χ1n) is 4.98. The number of anilines is 1. The lowest BCUT2D eigenvalue weighted by molar-refractivity contribution is 1.13. The lowest BCUT2D eigenvalue weighted by atomic mass is 10.2. The van der Waals surface area contributed by atoms with Crippen LogP contribution in [0.2, 0.25) is 0 Å². The molecule has 0 atom stereocenters. The van der Waals surface area contributed by atoms with Crippen LogP contribution in [0.25, 0.3) is 11.4 Å².